The fourth-order valence-corrected chi connectivity index (χ4v) is 6.35. The third-order valence-corrected chi connectivity index (χ3v) is 9.14. The van der Waals surface area contributed by atoms with Crippen LogP contribution in [0.1, 0.15) is 25.2 Å². The summed E-state index contributed by atoms with van der Waals surface area (Å²) in [6.45, 7) is 2.74. The van der Waals surface area contributed by atoms with Gasteiger partial charge in [0.15, 0.2) is 11.6 Å². The number of hydrogen-bond acceptors (Lipinski definition) is 12. The van der Waals surface area contributed by atoms with E-state index in [0.29, 0.717) is 45.8 Å². The molecule has 4 aromatic carbocycles. The minimum Gasteiger partial charge on any atom is -0.459 e. The number of H-pyrrole nitrogens is 2. The van der Waals surface area contributed by atoms with Gasteiger partial charge in [0.2, 0.25) is 0 Å². The van der Waals surface area contributed by atoms with Crippen LogP contribution >= 0.6 is 0 Å². The average Bonchev–Trinajstić information content (AvgIpc) is 3.85. The molecule has 18 nitrogen and oxygen atoms in total. The van der Waals surface area contributed by atoms with Crippen molar-refractivity contribution >= 4 is 80.2 Å². The summed E-state index contributed by atoms with van der Waals surface area (Å²) in [5.74, 6) is 0.0938. The number of aromatic nitrogens is 6. The van der Waals surface area contributed by atoms with E-state index in [9.17, 15) is 19.2 Å². The van der Waals surface area contributed by atoms with Crippen molar-refractivity contribution in [3.05, 3.63) is 133 Å². The number of carbonyl (C=O) groups is 4. The molecule has 0 aliphatic carbocycles. The minimum atomic E-state index is -0.404. The molecule has 0 aliphatic rings. The van der Waals surface area contributed by atoms with E-state index in [1.807, 2.05) is 84.9 Å². The highest BCUT2D eigenvalue weighted by Crippen LogP contribution is 2.33. The van der Waals surface area contributed by atoms with Gasteiger partial charge in [-0.05, 0) is 82.9 Å². The van der Waals surface area contributed by atoms with E-state index in [2.05, 4.69) is 51.6 Å². The number of amides is 4. The Hall–Kier alpha value is -8.80. The Morgan fingerprint density at radius 3 is 1.31 bits per heavy atom. The second-order valence-corrected chi connectivity index (χ2v) is 13.6. The molecule has 62 heavy (non-hydrogen) atoms. The molecule has 0 spiro atoms. The van der Waals surface area contributed by atoms with Gasteiger partial charge in [-0.25, -0.2) is 9.59 Å². The summed E-state index contributed by atoms with van der Waals surface area (Å²) in [6.07, 6.45) is 3.07. The van der Waals surface area contributed by atoms with Gasteiger partial charge in [-0.1, -0.05) is 48.5 Å². The molecule has 0 fully saturated rings. The van der Waals surface area contributed by atoms with Crippen LogP contribution in [0.15, 0.2) is 122 Å². The van der Waals surface area contributed by atoms with Crippen LogP contribution in [0.2, 0.25) is 0 Å². The molecule has 312 valence electrons. The lowest BCUT2D eigenvalue weighted by molar-refractivity contribution is -0.143. The molecule has 4 amide bonds. The largest absolute Gasteiger partial charge is 0.459 e. The van der Waals surface area contributed by atoms with Gasteiger partial charge in [0.05, 0.1) is 33.2 Å². The van der Waals surface area contributed by atoms with Crippen LogP contribution in [0.3, 0.4) is 0 Å². The second-order valence-electron chi connectivity index (χ2n) is 13.6. The summed E-state index contributed by atoms with van der Waals surface area (Å²) in [5.41, 5.74) is 20.9. The number of aromatic amines is 2. The third-order valence-electron chi connectivity index (χ3n) is 9.14. The third kappa shape index (κ3) is 10.4. The van der Waals surface area contributed by atoms with Crippen LogP contribution in [0.25, 0.3) is 44.1 Å². The highest BCUT2D eigenvalue weighted by atomic mass is 16.5. The molecule has 0 bridgehead atoms. The van der Waals surface area contributed by atoms with Crippen molar-refractivity contribution in [3.8, 4) is 22.3 Å². The SMILES string of the molecule is CC(=O)OCc1cc(NC(=O)Nc2ccc(-c3cccc4[nH]nc(N)c34)cc2)ccn1.CC(=O)OCc1cc(NC(=O)Nc2ccc(-c3cccc4[nH]nc(N)c34)cc2)ccn1. The first-order chi connectivity index (χ1) is 30.0. The number of nitrogen functional groups attached to an aromatic ring is 2. The average molecular weight is 833 g/mol. The van der Waals surface area contributed by atoms with Gasteiger partial charge < -0.3 is 42.2 Å². The standard InChI is InChI=1S/2C22H20N6O3/c2*1-13(29)31-12-17-11-16(9-10-24-17)26-22(30)25-15-7-5-14(6-8-15)18-3-2-4-19-20(18)21(23)28-27-19/h2*2-11H,12H2,1H3,(H3,23,27,28)(H2,24,25,26,30). The Morgan fingerprint density at radius 2 is 0.919 bits per heavy atom. The number of anilines is 6. The highest BCUT2D eigenvalue weighted by molar-refractivity contribution is 6.04. The zero-order valence-corrected chi connectivity index (χ0v) is 33.4. The fraction of sp³-hybridized carbons (Fsp3) is 0.0909. The van der Waals surface area contributed by atoms with E-state index in [1.54, 1.807) is 24.3 Å². The predicted molar refractivity (Wildman–Crippen MR) is 237 cm³/mol. The summed E-state index contributed by atoms with van der Waals surface area (Å²) in [6, 6.07) is 32.3. The molecule has 10 N–H and O–H groups in total. The summed E-state index contributed by atoms with van der Waals surface area (Å²) in [5, 5.41) is 26.7. The zero-order valence-electron chi connectivity index (χ0n) is 33.4. The van der Waals surface area contributed by atoms with Crippen molar-refractivity contribution in [2.24, 2.45) is 0 Å². The van der Waals surface area contributed by atoms with Crippen molar-refractivity contribution in [2.45, 2.75) is 27.1 Å². The molecule has 18 heteroatoms. The van der Waals surface area contributed by atoms with Crippen LogP contribution in [-0.2, 0) is 32.3 Å². The van der Waals surface area contributed by atoms with E-state index < -0.39 is 24.0 Å². The van der Waals surface area contributed by atoms with Crippen molar-refractivity contribution in [1.29, 1.82) is 0 Å². The predicted octanol–water partition coefficient (Wildman–Crippen LogP) is 7.83. The van der Waals surface area contributed by atoms with Crippen LogP contribution in [0.4, 0.5) is 44.0 Å². The van der Waals surface area contributed by atoms with Crippen LogP contribution < -0.4 is 32.7 Å². The number of carbonyl (C=O) groups excluding carboxylic acids is 4. The zero-order chi connectivity index (χ0) is 43.6. The molecule has 0 radical (unpaired) electrons. The van der Waals surface area contributed by atoms with Gasteiger partial charge in [-0.15, -0.1) is 0 Å². The molecule has 0 saturated heterocycles. The van der Waals surface area contributed by atoms with Gasteiger partial charge in [0, 0.05) is 49.0 Å². The Balaban J connectivity index is 0.000000186. The maximum absolute atomic E-state index is 12.3. The van der Waals surface area contributed by atoms with Crippen LogP contribution in [0, 0.1) is 0 Å². The molecule has 0 atom stereocenters. The van der Waals surface area contributed by atoms with E-state index >= 15 is 0 Å². The van der Waals surface area contributed by atoms with Crippen molar-refractivity contribution in [2.75, 3.05) is 32.7 Å². The lowest BCUT2D eigenvalue weighted by atomic mass is 10.0. The van der Waals surface area contributed by atoms with Gasteiger partial charge in [0.1, 0.15) is 13.2 Å². The Labute approximate surface area is 353 Å². The number of urea groups is 2. The number of hydrogen-bond donors (Lipinski definition) is 8. The molecule has 4 heterocycles. The number of pyridine rings is 2. The van der Waals surface area contributed by atoms with Gasteiger partial charge in [-0.3, -0.25) is 29.8 Å². The lowest BCUT2D eigenvalue weighted by Crippen LogP contribution is -2.19. The number of esters is 2. The van der Waals surface area contributed by atoms with E-state index in [0.717, 1.165) is 44.1 Å². The smallest absolute Gasteiger partial charge is 0.323 e. The second kappa shape index (κ2) is 18.9. The summed E-state index contributed by atoms with van der Waals surface area (Å²) < 4.78 is 9.83. The lowest BCUT2D eigenvalue weighted by Gasteiger charge is -2.10. The van der Waals surface area contributed by atoms with Gasteiger partial charge in [0.25, 0.3) is 0 Å². The summed E-state index contributed by atoms with van der Waals surface area (Å²) in [7, 11) is 0. The number of rotatable bonds is 10. The Morgan fingerprint density at radius 1 is 0.532 bits per heavy atom. The monoisotopic (exact) mass is 832 g/mol. The number of nitrogens with two attached hydrogens (primary N) is 2. The molecule has 0 saturated carbocycles. The molecule has 8 aromatic rings. The molecule has 4 aromatic heterocycles. The number of fused-ring (bicyclic) bond motifs is 2. The first kappa shape index (κ1) is 41.4. The van der Waals surface area contributed by atoms with E-state index in [-0.39, 0.29) is 13.2 Å². The number of nitrogens with zero attached hydrogens (tertiary/aromatic N) is 4. The Kier molecular flexibility index (Phi) is 12.6. The van der Waals surface area contributed by atoms with Crippen LogP contribution in [0.5, 0.6) is 0 Å². The number of nitrogens with one attached hydrogen (secondary N) is 6. The number of benzene rings is 4. The normalized spacial score (nSPS) is 10.6. The first-order valence-corrected chi connectivity index (χ1v) is 19.0. The molecule has 0 unspecified atom stereocenters. The quantitative estimate of drug-likeness (QED) is 0.0613. The van der Waals surface area contributed by atoms with Gasteiger partial charge in [-0.2, -0.15) is 10.2 Å². The van der Waals surface area contributed by atoms with Crippen LogP contribution in [-0.4, -0.2) is 54.4 Å². The molecule has 0 aliphatic heterocycles. The maximum Gasteiger partial charge on any atom is 0.323 e. The van der Waals surface area contributed by atoms with E-state index in [1.165, 1.54) is 26.2 Å². The molecular weight excluding hydrogens is 793 g/mol. The summed E-state index contributed by atoms with van der Waals surface area (Å²) >= 11 is 0. The maximum atomic E-state index is 12.3. The topological polar surface area (TPSA) is 270 Å². The number of ether oxygens (including phenoxy) is 2. The minimum absolute atomic E-state index is 0.0435. The Bertz CT molecular complexity index is 2700. The van der Waals surface area contributed by atoms with E-state index in [4.69, 9.17) is 20.9 Å². The molecular formula is C44H40N12O6. The summed E-state index contributed by atoms with van der Waals surface area (Å²) in [4.78, 5) is 54.7. The van der Waals surface area contributed by atoms with Gasteiger partial charge >= 0.3 is 24.0 Å². The van der Waals surface area contributed by atoms with Crippen molar-refractivity contribution in [3.63, 3.8) is 0 Å². The van der Waals surface area contributed by atoms with Crippen molar-refractivity contribution in [1.82, 2.24) is 30.4 Å². The first-order valence-electron chi connectivity index (χ1n) is 19.0. The molecule has 8 rings (SSSR count). The van der Waals surface area contributed by atoms with Crippen molar-refractivity contribution < 1.29 is 28.7 Å². The highest BCUT2D eigenvalue weighted by Gasteiger charge is 2.13. The fourth-order valence-electron chi connectivity index (χ4n) is 6.35.